The Kier molecular flexibility index (Phi) is 6.41. The van der Waals surface area contributed by atoms with Gasteiger partial charge >= 0.3 is 0 Å². The van der Waals surface area contributed by atoms with E-state index in [1.165, 1.54) is 24.9 Å². The lowest BCUT2D eigenvalue weighted by Crippen LogP contribution is -1.87. The minimum Gasteiger partial charge on any atom is -0.107 e. The normalized spacial score (nSPS) is 10.1. The van der Waals surface area contributed by atoms with Crippen molar-refractivity contribution in [3.05, 3.63) is 12.7 Å². The SMILES string of the molecule is C=CCCP(CC)CC. The summed E-state index contributed by atoms with van der Waals surface area (Å²) < 4.78 is 0. The summed E-state index contributed by atoms with van der Waals surface area (Å²) in [6.45, 7) is 8.29. The predicted molar refractivity (Wildman–Crippen MR) is 47.7 cm³/mol. The van der Waals surface area contributed by atoms with E-state index in [0.717, 1.165) is 0 Å². The first-order chi connectivity index (χ1) is 4.35. The summed E-state index contributed by atoms with van der Waals surface area (Å²) in [5, 5.41) is 0. The van der Waals surface area contributed by atoms with Crippen LogP contribution in [0.15, 0.2) is 12.7 Å². The fraction of sp³-hybridized carbons (Fsp3) is 0.750. The summed E-state index contributed by atoms with van der Waals surface area (Å²) in [4.78, 5) is 0. The van der Waals surface area contributed by atoms with Crippen molar-refractivity contribution < 1.29 is 0 Å². The Labute approximate surface area is 60.1 Å². The lowest BCUT2D eigenvalue weighted by molar-refractivity contribution is 1.21. The summed E-state index contributed by atoms with van der Waals surface area (Å²) in [6, 6.07) is 0. The topological polar surface area (TPSA) is 0 Å². The molecule has 0 aromatic carbocycles. The number of allylic oxidation sites excluding steroid dienone is 1. The van der Waals surface area contributed by atoms with E-state index in [9.17, 15) is 0 Å². The van der Waals surface area contributed by atoms with Crippen LogP contribution in [0.3, 0.4) is 0 Å². The van der Waals surface area contributed by atoms with E-state index < -0.39 is 0 Å². The van der Waals surface area contributed by atoms with Gasteiger partial charge in [-0.1, -0.05) is 19.9 Å². The van der Waals surface area contributed by atoms with Crippen LogP contribution >= 0.6 is 7.92 Å². The van der Waals surface area contributed by atoms with Crippen molar-refractivity contribution in [1.82, 2.24) is 0 Å². The summed E-state index contributed by atoms with van der Waals surface area (Å²) in [5.74, 6) is 0. The zero-order chi connectivity index (χ0) is 7.11. The number of rotatable bonds is 5. The van der Waals surface area contributed by atoms with E-state index in [2.05, 4.69) is 20.4 Å². The average Bonchev–Trinajstić information content (AvgIpc) is 1.91. The first kappa shape index (κ1) is 9.17. The van der Waals surface area contributed by atoms with Crippen molar-refractivity contribution in [2.24, 2.45) is 0 Å². The van der Waals surface area contributed by atoms with E-state index in [1.807, 2.05) is 6.08 Å². The molecular weight excluding hydrogens is 127 g/mol. The highest BCUT2D eigenvalue weighted by molar-refractivity contribution is 7.57. The highest BCUT2D eigenvalue weighted by Gasteiger charge is 1.98. The highest BCUT2D eigenvalue weighted by Crippen LogP contribution is 2.34. The van der Waals surface area contributed by atoms with Crippen molar-refractivity contribution in [3.8, 4) is 0 Å². The highest BCUT2D eigenvalue weighted by atomic mass is 31.1. The van der Waals surface area contributed by atoms with Gasteiger partial charge < -0.3 is 0 Å². The maximum atomic E-state index is 3.71. The fourth-order valence-corrected chi connectivity index (χ4v) is 2.44. The van der Waals surface area contributed by atoms with Crippen LogP contribution < -0.4 is 0 Å². The molecule has 0 fully saturated rings. The molecule has 0 rings (SSSR count). The van der Waals surface area contributed by atoms with Crippen molar-refractivity contribution in [2.75, 3.05) is 18.5 Å². The molecule has 0 spiro atoms. The van der Waals surface area contributed by atoms with E-state index >= 15 is 0 Å². The Morgan fingerprint density at radius 2 is 1.89 bits per heavy atom. The Hall–Kier alpha value is 0.170. The second-order valence-corrected chi connectivity index (χ2v) is 5.16. The molecule has 0 saturated carbocycles. The van der Waals surface area contributed by atoms with Gasteiger partial charge in [0.1, 0.15) is 0 Å². The Bertz CT molecular complexity index is 65.0. The van der Waals surface area contributed by atoms with Crippen LogP contribution in [0.1, 0.15) is 20.3 Å². The average molecular weight is 144 g/mol. The van der Waals surface area contributed by atoms with Crippen molar-refractivity contribution in [1.29, 1.82) is 0 Å². The lowest BCUT2D eigenvalue weighted by atomic mass is 10.5. The van der Waals surface area contributed by atoms with E-state index in [1.54, 1.807) is 0 Å². The summed E-state index contributed by atoms with van der Waals surface area (Å²) in [6.07, 6.45) is 7.42. The minimum absolute atomic E-state index is 0.367. The third-order valence-corrected chi connectivity index (χ3v) is 4.22. The molecule has 0 unspecified atom stereocenters. The molecule has 0 bridgehead atoms. The first-order valence-electron chi connectivity index (χ1n) is 3.68. The van der Waals surface area contributed by atoms with E-state index in [0.29, 0.717) is 7.92 Å². The van der Waals surface area contributed by atoms with Gasteiger partial charge in [0.05, 0.1) is 0 Å². The molecular formula is C8H17P. The van der Waals surface area contributed by atoms with Crippen LogP contribution in [0.2, 0.25) is 0 Å². The largest absolute Gasteiger partial charge is 0.107 e. The summed E-state index contributed by atoms with van der Waals surface area (Å²) >= 11 is 0. The quantitative estimate of drug-likeness (QED) is 0.411. The predicted octanol–water partition coefficient (Wildman–Crippen LogP) is 3.08. The molecule has 0 aromatic heterocycles. The minimum atomic E-state index is 0.367. The van der Waals surface area contributed by atoms with Gasteiger partial charge in [0, 0.05) is 0 Å². The molecule has 9 heavy (non-hydrogen) atoms. The van der Waals surface area contributed by atoms with Gasteiger partial charge in [-0.15, -0.1) is 14.5 Å². The molecule has 0 heterocycles. The van der Waals surface area contributed by atoms with Gasteiger partial charge in [0.15, 0.2) is 0 Å². The maximum absolute atomic E-state index is 3.71. The maximum Gasteiger partial charge on any atom is -0.0291 e. The molecule has 1 heteroatoms. The zero-order valence-corrected chi connectivity index (χ0v) is 7.45. The van der Waals surface area contributed by atoms with Crippen LogP contribution in [-0.2, 0) is 0 Å². The third kappa shape index (κ3) is 4.66. The van der Waals surface area contributed by atoms with E-state index in [-0.39, 0.29) is 0 Å². The lowest BCUT2D eigenvalue weighted by Gasteiger charge is -2.10. The summed E-state index contributed by atoms with van der Waals surface area (Å²) in [7, 11) is 0.367. The number of hydrogen-bond acceptors (Lipinski definition) is 0. The van der Waals surface area contributed by atoms with Gasteiger partial charge in [0.2, 0.25) is 0 Å². The summed E-state index contributed by atoms with van der Waals surface area (Å²) in [5.41, 5.74) is 0. The Balaban J connectivity index is 3.19. The Morgan fingerprint density at radius 1 is 1.33 bits per heavy atom. The molecule has 0 aromatic rings. The van der Waals surface area contributed by atoms with Crippen LogP contribution in [0, 0.1) is 0 Å². The molecule has 0 radical (unpaired) electrons. The van der Waals surface area contributed by atoms with Crippen molar-refractivity contribution in [3.63, 3.8) is 0 Å². The smallest absolute Gasteiger partial charge is 0.0291 e. The second-order valence-electron chi connectivity index (χ2n) is 2.10. The molecule has 0 nitrogen and oxygen atoms in total. The van der Waals surface area contributed by atoms with Crippen LogP contribution in [-0.4, -0.2) is 18.5 Å². The van der Waals surface area contributed by atoms with Crippen LogP contribution in [0.4, 0.5) is 0 Å². The molecule has 0 amide bonds. The fourth-order valence-electron chi connectivity index (χ4n) is 0.814. The molecule has 0 aliphatic carbocycles. The molecule has 0 N–H and O–H groups in total. The monoisotopic (exact) mass is 144 g/mol. The van der Waals surface area contributed by atoms with Crippen LogP contribution in [0.5, 0.6) is 0 Å². The van der Waals surface area contributed by atoms with Gasteiger partial charge in [-0.25, -0.2) is 0 Å². The van der Waals surface area contributed by atoms with Crippen molar-refractivity contribution >= 4 is 7.92 Å². The molecule has 0 saturated heterocycles. The van der Waals surface area contributed by atoms with Gasteiger partial charge in [-0.3, -0.25) is 0 Å². The number of hydrogen-bond donors (Lipinski definition) is 0. The van der Waals surface area contributed by atoms with Gasteiger partial charge in [0.25, 0.3) is 0 Å². The molecule has 0 aliphatic rings. The Morgan fingerprint density at radius 3 is 2.22 bits per heavy atom. The van der Waals surface area contributed by atoms with Crippen molar-refractivity contribution in [2.45, 2.75) is 20.3 Å². The second kappa shape index (κ2) is 6.29. The first-order valence-corrected chi connectivity index (χ1v) is 5.58. The third-order valence-electron chi connectivity index (χ3n) is 1.54. The molecule has 54 valence electrons. The molecule has 0 aliphatic heterocycles. The van der Waals surface area contributed by atoms with Crippen LogP contribution in [0.25, 0.3) is 0 Å². The zero-order valence-electron chi connectivity index (χ0n) is 6.56. The van der Waals surface area contributed by atoms with Gasteiger partial charge in [-0.05, 0) is 24.9 Å². The standard InChI is InChI=1S/C8H17P/c1-4-7-8-9(5-2)6-3/h4H,1,5-8H2,2-3H3. The van der Waals surface area contributed by atoms with Gasteiger partial charge in [-0.2, -0.15) is 0 Å². The molecule has 0 atom stereocenters. The van der Waals surface area contributed by atoms with E-state index in [4.69, 9.17) is 0 Å².